The van der Waals surface area contributed by atoms with Crippen LogP contribution in [-0.2, 0) is 5.88 Å². The van der Waals surface area contributed by atoms with Crippen LogP contribution in [0.5, 0.6) is 0 Å². The van der Waals surface area contributed by atoms with Gasteiger partial charge in [0.1, 0.15) is 11.3 Å². The normalized spacial score (nSPS) is 12.8. The highest BCUT2D eigenvalue weighted by molar-refractivity contribution is 6.31. The van der Waals surface area contributed by atoms with Gasteiger partial charge in [-0.1, -0.05) is 11.6 Å². The maximum Gasteiger partial charge on any atom is 0.160 e. The molecule has 3 aromatic heterocycles. The zero-order valence-corrected chi connectivity index (χ0v) is 12.3. The van der Waals surface area contributed by atoms with Crippen molar-refractivity contribution in [3.63, 3.8) is 0 Å². The molecule has 0 aliphatic heterocycles. The molecule has 102 valence electrons. The minimum atomic E-state index is 0.0745. The minimum absolute atomic E-state index is 0.0745. The Morgan fingerprint density at radius 2 is 2.05 bits per heavy atom. The molecule has 3 rings (SSSR count). The Labute approximate surface area is 126 Å². The van der Waals surface area contributed by atoms with Crippen molar-refractivity contribution in [2.45, 2.75) is 18.8 Å². The third-order valence-electron chi connectivity index (χ3n) is 3.26. The highest BCUT2D eigenvalue weighted by atomic mass is 35.5. The molecule has 0 spiro atoms. The van der Waals surface area contributed by atoms with Gasteiger partial charge in [-0.05, 0) is 30.7 Å². The van der Waals surface area contributed by atoms with E-state index in [0.29, 0.717) is 10.9 Å². The molecule has 4 nitrogen and oxygen atoms in total. The second-order valence-electron chi connectivity index (χ2n) is 4.48. The van der Waals surface area contributed by atoms with Crippen LogP contribution in [0.4, 0.5) is 0 Å². The first kappa shape index (κ1) is 13.3. The molecule has 0 aromatic carbocycles. The molecule has 20 heavy (non-hydrogen) atoms. The maximum absolute atomic E-state index is 6.02. The van der Waals surface area contributed by atoms with Crippen molar-refractivity contribution in [2.24, 2.45) is 0 Å². The number of pyridine rings is 2. The summed E-state index contributed by atoms with van der Waals surface area (Å²) in [4.78, 5) is 12.9. The molecule has 0 aliphatic rings. The van der Waals surface area contributed by atoms with E-state index in [-0.39, 0.29) is 6.04 Å². The summed E-state index contributed by atoms with van der Waals surface area (Å²) in [5, 5.41) is 0.569. The van der Waals surface area contributed by atoms with Crippen LogP contribution in [0.1, 0.15) is 24.4 Å². The number of fused-ring (bicyclic) bond motifs is 1. The SMILES string of the molecule is CC(c1ccncc1)n1c(CCl)nc2cc(Cl)cnc21. The third kappa shape index (κ3) is 2.25. The fourth-order valence-corrected chi connectivity index (χ4v) is 2.64. The standard InChI is InChI=1S/C14H12Cl2N4/c1-9(10-2-4-17-5-3-10)20-13(7-15)19-12-6-11(16)8-18-14(12)20/h2-6,8-9H,7H2,1H3. The molecule has 0 bridgehead atoms. The number of hydrogen-bond donors (Lipinski definition) is 0. The minimum Gasteiger partial charge on any atom is -0.304 e. The lowest BCUT2D eigenvalue weighted by molar-refractivity contribution is 0.628. The molecule has 0 amide bonds. The number of aromatic nitrogens is 4. The predicted octanol–water partition coefficient (Wildman–Crippen LogP) is 3.83. The molecule has 0 aliphatic carbocycles. The Balaban J connectivity index is 2.19. The number of rotatable bonds is 3. The van der Waals surface area contributed by atoms with Crippen molar-refractivity contribution in [3.8, 4) is 0 Å². The topological polar surface area (TPSA) is 43.6 Å². The molecule has 0 N–H and O–H groups in total. The van der Waals surface area contributed by atoms with Gasteiger partial charge in [-0.2, -0.15) is 0 Å². The van der Waals surface area contributed by atoms with Gasteiger partial charge in [0, 0.05) is 18.6 Å². The van der Waals surface area contributed by atoms with Crippen molar-refractivity contribution in [1.82, 2.24) is 19.5 Å². The van der Waals surface area contributed by atoms with Crippen LogP contribution in [0.3, 0.4) is 0 Å². The van der Waals surface area contributed by atoms with E-state index in [2.05, 4.69) is 21.9 Å². The van der Waals surface area contributed by atoms with E-state index in [1.54, 1.807) is 24.7 Å². The van der Waals surface area contributed by atoms with Crippen LogP contribution in [0, 0.1) is 0 Å². The van der Waals surface area contributed by atoms with E-state index in [4.69, 9.17) is 23.2 Å². The Hall–Kier alpha value is -1.65. The van der Waals surface area contributed by atoms with Crippen molar-refractivity contribution in [1.29, 1.82) is 0 Å². The van der Waals surface area contributed by atoms with Gasteiger partial charge in [-0.15, -0.1) is 11.6 Å². The van der Waals surface area contributed by atoms with E-state index < -0.39 is 0 Å². The van der Waals surface area contributed by atoms with Gasteiger partial charge in [-0.25, -0.2) is 9.97 Å². The summed E-state index contributed by atoms with van der Waals surface area (Å²) < 4.78 is 2.04. The fraction of sp³-hybridized carbons (Fsp3) is 0.214. The van der Waals surface area contributed by atoms with Gasteiger partial charge in [0.15, 0.2) is 5.65 Å². The summed E-state index contributed by atoms with van der Waals surface area (Å²) in [6.07, 6.45) is 5.17. The van der Waals surface area contributed by atoms with Crippen molar-refractivity contribution < 1.29 is 0 Å². The quantitative estimate of drug-likeness (QED) is 0.691. The number of alkyl halides is 1. The van der Waals surface area contributed by atoms with Crippen molar-refractivity contribution in [2.75, 3.05) is 0 Å². The number of hydrogen-bond acceptors (Lipinski definition) is 3. The van der Waals surface area contributed by atoms with Gasteiger partial charge in [0.2, 0.25) is 0 Å². The summed E-state index contributed by atoms with van der Waals surface area (Å²) in [5.41, 5.74) is 2.67. The largest absolute Gasteiger partial charge is 0.304 e. The van der Waals surface area contributed by atoms with Gasteiger partial charge in [-0.3, -0.25) is 4.98 Å². The van der Waals surface area contributed by atoms with E-state index in [0.717, 1.165) is 22.6 Å². The first-order valence-electron chi connectivity index (χ1n) is 6.19. The van der Waals surface area contributed by atoms with Gasteiger partial charge < -0.3 is 4.57 Å². The third-order valence-corrected chi connectivity index (χ3v) is 3.71. The Kier molecular flexibility index (Phi) is 3.59. The fourth-order valence-electron chi connectivity index (χ4n) is 2.30. The summed E-state index contributed by atoms with van der Waals surface area (Å²) in [6, 6.07) is 5.83. The smallest absolute Gasteiger partial charge is 0.160 e. The molecule has 6 heteroatoms. The average molecular weight is 307 g/mol. The molecule has 3 aromatic rings. The van der Waals surface area contributed by atoms with E-state index >= 15 is 0 Å². The van der Waals surface area contributed by atoms with Gasteiger partial charge in [0.05, 0.1) is 16.9 Å². The van der Waals surface area contributed by atoms with Gasteiger partial charge in [0.25, 0.3) is 0 Å². The van der Waals surface area contributed by atoms with Crippen LogP contribution < -0.4 is 0 Å². The second-order valence-corrected chi connectivity index (χ2v) is 5.19. The summed E-state index contributed by atoms with van der Waals surface area (Å²) in [6.45, 7) is 2.09. The summed E-state index contributed by atoms with van der Waals surface area (Å²) >= 11 is 12.0. The van der Waals surface area contributed by atoms with E-state index in [1.165, 1.54) is 0 Å². The predicted molar refractivity (Wildman–Crippen MR) is 80.1 cm³/mol. The molecular formula is C14H12Cl2N4. The molecule has 0 radical (unpaired) electrons. The molecule has 1 atom stereocenters. The molecule has 0 saturated carbocycles. The zero-order chi connectivity index (χ0) is 14.1. The summed E-state index contributed by atoms with van der Waals surface area (Å²) in [5.74, 6) is 1.10. The zero-order valence-electron chi connectivity index (χ0n) is 10.8. The Morgan fingerprint density at radius 3 is 2.75 bits per heavy atom. The highest BCUT2D eigenvalue weighted by Gasteiger charge is 2.17. The van der Waals surface area contributed by atoms with Gasteiger partial charge >= 0.3 is 0 Å². The lowest BCUT2D eigenvalue weighted by Gasteiger charge is -2.16. The first-order valence-corrected chi connectivity index (χ1v) is 7.10. The van der Waals surface area contributed by atoms with Crippen molar-refractivity contribution >= 4 is 34.4 Å². The number of halogens is 2. The lowest BCUT2D eigenvalue weighted by atomic mass is 10.1. The van der Waals surface area contributed by atoms with E-state index in [9.17, 15) is 0 Å². The lowest BCUT2D eigenvalue weighted by Crippen LogP contribution is -2.10. The average Bonchev–Trinajstić information content (AvgIpc) is 2.84. The second kappa shape index (κ2) is 5.38. The van der Waals surface area contributed by atoms with Crippen LogP contribution in [0.15, 0.2) is 36.8 Å². The number of imidazole rings is 1. The molecule has 1 unspecified atom stereocenters. The molecule has 0 saturated heterocycles. The van der Waals surface area contributed by atoms with E-state index in [1.807, 2.05) is 16.7 Å². The summed E-state index contributed by atoms with van der Waals surface area (Å²) in [7, 11) is 0. The molecule has 0 fully saturated rings. The monoisotopic (exact) mass is 306 g/mol. The maximum atomic E-state index is 6.02. The Bertz CT molecular complexity index is 740. The highest BCUT2D eigenvalue weighted by Crippen LogP contribution is 2.26. The first-order chi connectivity index (χ1) is 9.70. The van der Waals surface area contributed by atoms with Crippen LogP contribution in [-0.4, -0.2) is 19.5 Å². The van der Waals surface area contributed by atoms with Crippen LogP contribution >= 0.6 is 23.2 Å². The molecular weight excluding hydrogens is 295 g/mol. The van der Waals surface area contributed by atoms with Crippen LogP contribution in [0.25, 0.3) is 11.2 Å². The number of nitrogens with zero attached hydrogens (tertiary/aromatic N) is 4. The van der Waals surface area contributed by atoms with Crippen molar-refractivity contribution in [3.05, 3.63) is 53.2 Å². The molecule has 3 heterocycles. The Morgan fingerprint density at radius 1 is 1.30 bits per heavy atom. The van der Waals surface area contributed by atoms with Crippen LogP contribution in [0.2, 0.25) is 5.02 Å².